The van der Waals surface area contributed by atoms with Crippen LogP contribution >= 0.6 is 0 Å². The molecule has 1 spiro atoms. The quantitative estimate of drug-likeness (QED) is 0.483. The molecule has 158 valence electrons. The number of aliphatic hydroxyl groups is 1. The summed E-state index contributed by atoms with van der Waals surface area (Å²) in [6.45, 7) is 4.41. The van der Waals surface area contributed by atoms with Crippen LogP contribution in [0.5, 0.6) is 0 Å². The predicted molar refractivity (Wildman–Crippen MR) is 102 cm³/mol. The molecule has 0 radical (unpaired) electrons. The highest BCUT2D eigenvalue weighted by Gasteiger charge is 2.74. The molecule has 3 saturated heterocycles. The van der Waals surface area contributed by atoms with Gasteiger partial charge >= 0.3 is 0 Å². The largest absolute Gasteiger partial charge is 0.396 e. The van der Waals surface area contributed by atoms with Crippen molar-refractivity contribution in [1.82, 2.24) is 15.5 Å². The molecule has 0 aliphatic carbocycles. The molecule has 28 heavy (non-hydrogen) atoms. The molecule has 5 atom stereocenters. The number of rotatable bonds is 9. The molecule has 0 aromatic carbocycles. The summed E-state index contributed by atoms with van der Waals surface area (Å²) in [6.07, 6.45) is 4.28. The molecule has 3 rings (SSSR count). The van der Waals surface area contributed by atoms with E-state index in [1.165, 1.54) is 0 Å². The average molecular weight is 396 g/mol. The number of aliphatic hydroxyl groups excluding tert-OH is 1. The molecule has 0 aromatic heterocycles. The van der Waals surface area contributed by atoms with Gasteiger partial charge in [0.1, 0.15) is 11.6 Å². The Kier molecular flexibility index (Phi) is 6.29. The van der Waals surface area contributed by atoms with Crippen molar-refractivity contribution in [1.29, 1.82) is 0 Å². The van der Waals surface area contributed by atoms with Gasteiger partial charge in [0.05, 0.1) is 17.9 Å². The topological polar surface area (TPSA) is 108 Å². The molecular formula is C20H33N3O5. The third kappa shape index (κ3) is 3.41. The number of hydrogen-bond donors (Lipinski definition) is 3. The van der Waals surface area contributed by atoms with Crippen molar-refractivity contribution in [2.24, 2.45) is 11.8 Å². The molecule has 3 fully saturated rings. The van der Waals surface area contributed by atoms with Gasteiger partial charge in [-0.1, -0.05) is 12.8 Å². The van der Waals surface area contributed by atoms with Crippen LogP contribution in [0.25, 0.3) is 0 Å². The van der Waals surface area contributed by atoms with Crippen molar-refractivity contribution in [2.75, 3.05) is 20.2 Å². The van der Waals surface area contributed by atoms with Crippen LogP contribution < -0.4 is 10.6 Å². The first kappa shape index (κ1) is 21.0. The first-order valence-corrected chi connectivity index (χ1v) is 10.5. The molecule has 3 heterocycles. The SMILES string of the molecule is CNC(=O)[C@@H]1[C@H]2C(=O)N(CCCCCCO)C(C(=O)NC(C)C)C23CC[C@H]1O3. The zero-order chi connectivity index (χ0) is 20.5. The zero-order valence-corrected chi connectivity index (χ0v) is 17.1. The summed E-state index contributed by atoms with van der Waals surface area (Å²) in [4.78, 5) is 40.6. The van der Waals surface area contributed by atoms with E-state index in [0.29, 0.717) is 19.4 Å². The number of likely N-dealkylation sites (tertiary alicyclic amines) is 1. The summed E-state index contributed by atoms with van der Waals surface area (Å²) in [5.74, 6) is -1.63. The zero-order valence-electron chi connectivity index (χ0n) is 17.1. The maximum absolute atomic E-state index is 13.4. The lowest BCUT2D eigenvalue weighted by Gasteiger charge is -2.34. The minimum absolute atomic E-state index is 0.0437. The van der Waals surface area contributed by atoms with E-state index < -0.39 is 23.5 Å². The van der Waals surface area contributed by atoms with Gasteiger partial charge in [0.15, 0.2) is 0 Å². The molecule has 8 heteroatoms. The molecule has 3 amide bonds. The highest BCUT2D eigenvalue weighted by atomic mass is 16.5. The number of hydrogen-bond acceptors (Lipinski definition) is 5. The van der Waals surface area contributed by atoms with E-state index in [2.05, 4.69) is 10.6 Å². The predicted octanol–water partition coefficient (Wildman–Crippen LogP) is 0.184. The normalized spacial score (nSPS) is 33.5. The highest BCUT2D eigenvalue weighted by Crippen LogP contribution is 2.58. The summed E-state index contributed by atoms with van der Waals surface area (Å²) >= 11 is 0. The number of fused-ring (bicyclic) bond motifs is 1. The number of unbranched alkanes of at least 4 members (excludes halogenated alkanes) is 3. The van der Waals surface area contributed by atoms with Crippen LogP contribution in [-0.2, 0) is 19.1 Å². The molecule has 8 nitrogen and oxygen atoms in total. The number of carbonyl (C=O) groups is 3. The van der Waals surface area contributed by atoms with E-state index in [1.807, 2.05) is 13.8 Å². The van der Waals surface area contributed by atoms with Crippen LogP contribution in [-0.4, -0.2) is 71.7 Å². The summed E-state index contributed by atoms with van der Waals surface area (Å²) in [5, 5.41) is 14.5. The molecule has 0 aromatic rings. The maximum Gasteiger partial charge on any atom is 0.246 e. The molecule has 3 aliphatic heterocycles. The average Bonchev–Trinajstić information content (AvgIpc) is 3.28. The van der Waals surface area contributed by atoms with Gasteiger partial charge in [-0.2, -0.15) is 0 Å². The second kappa shape index (κ2) is 8.37. The Labute approximate surface area is 166 Å². The van der Waals surface area contributed by atoms with Crippen LogP contribution in [0.15, 0.2) is 0 Å². The minimum atomic E-state index is -0.900. The third-order valence-corrected chi connectivity index (χ3v) is 6.34. The van der Waals surface area contributed by atoms with E-state index >= 15 is 0 Å². The summed E-state index contributed by atoms with van der Waals surface area (Å²) in [5.41, 5.74) is -0.900. The molecule has 3 aliphatic rings. The lowest BCUT2D eigenvalue weighted by molar-refractivity contribution is -0.142. The Bertz CT molecular complexity index is 625. The molecule has 2 bridgehead atoms. The lowest BCUT2D eigenvalue weighted by Crippen LogP contribution is -2.56. The van der Waals surface area contributed by atoms with Gasteiger partial charge in [-0.05, 0) is 39.5 Å². The van der Waals surface area contributed by atoms with E-state index in [0.717, 1.165) is 25.7 Å². The number of nitrogens with one attached hydrogen (secondary N) is 2. The molecular weight excluding hydrogens is 362 g/mol. The Hall–Kier alpha value is -1.67. The summed E-state index contributed by atoms with van der Waals surface area (Å²) < 4.78 is 6.26. The van der Waals surface area contributed by atoms with Crippen molar-refractivity contribution >= 4 is 17.7 Å². The molecule has 2 unspecified atom stereocenters. The van der Waals surface area contributed by atoms with Gasteiger partial charge in [-0.3, -0.25) is 14.4 Å². The van der Waals surface area contributed by atoms with Crippen LogP contribution in [0.1, 0.15) is 52.4 Å². The Morgan fingerprint density at radius 3 is 2.61 bits per heavy atom. The number of nitrogens with zero attached hydrogens (tertiary/aromatic N) is 1. The smallest absolute Gasteiger partial charge is 0.246 e. The van der Waals surface area contributed by atoms with E-state index in [-0.39, 0.29) is 36.5 Å². The van der Waals surface area contributed by atoms with Crippen LogP contribution in [0.3, 0.4) is 0 Å². The second-order valence-corrected chi connectivity index (χ2v) is 8.50. The fraction of sp³-hybridized carbons (Fsp3) is 0.850. The lowest BCUT2D eigenvalue weighted by atomic mass is 9.70. The highest BCUT2D eigenvalue weighted by molar-refractivity contribution is 5.98. The first-order chi connectivity index (χ1) is 13.4. The molecule has 0 saturated carbocycles. The summed E-state index contributed by atoms with van der Waals surface area (Å²) in [7, 11) is 1.57. The van der Waals surface area contributed by atoms with Crippen molar-refractivity contribution in [3.05, 3.63) is 0 Å². The maximum atomic E-state index is 13.4. The minimum Gasteiger partial charge on any atom is -0.396 e. The van der Waals surface area contributed by atoms with Gasteiger partial charge in [0.2, 0.25) is 17.7 Å². The second-order valence-electron chi connectivity index (χ2n) is 8.50. The number of ether oxygens (including phenoxy) is 1. The Morgan fingerprint density at radius 1 is 1.25 bits per heavy atom. The van der Waals surface area contributed by atoms with E-state index in [9.17, 15) is 14.4 Å². The van der Waals surface area contributed by atoms with Crippen LogP contribution in [0.2, 0.25) is 0 Å². The fourth-order valence-corrected chi connectivity index (χ4v) is 5.27. The van der Waals surface area contributed by atoms with Gasteiger partial charge in [-0.25, -0.2) is 0 Å². The summed E-state index contributed by atoms with van der Waals surface area (Å²) in [6, 6.07) is -0.734. The van der Waals surface area contributed by atoms with Crippen molar-refractivity contribution in [3.8, 4) is 0 Å². The molecule has 3 N–H and O–H groups in total. The number of carbonyl (C=O) groups excluding carboxylic acids is 3. The third-order valence-electron chi connectivity index (χ3n) is 6.34. The van der Waals surface area contributed by atoms with Gasteiger partial charge in [-0.15, -0.1) is 0 Å². The van der Waals surface area contributed by atoms with Crippen LogP contribution in [0, 0.1) is 11.8 Å². The van der Waals surface area contributed by atoms with Crippen molar-refractivity contribution < 1.29 is 24.2 Å². The number of amides is 3. The van der Waals surface area contributed by atoms with Crippen molar-refractivity contribution in [3.63, 3.8) is 0 Å². The Morgan fingerprint density at radius 2 is 1.96 bits per heavy atom. The van der Waals surface area contributed by atoms with Crippen LogP contribution in [0.4, 0.5) is 0 Å². The Balaban J connectivity index is 1.85. The standard InChI is InChI=1S/C20H33N3O5/c1-12(2)22-18(26)16-20-9-8-13(28-20)14(17(25)21-3)15(20)19(27)23(16)10-6-4-5-7-11-24/h12-16,24H,4-11H2,1-3H3,(H,21,25)(H,22,26)/t13-,14+,15+,16?,20?/m1/s1. The fourth-order valence-electron chi connectivity index (χ4n) is 5.27. The van der Waals surface area contributed by atoms with Gasteiger partial charge in [0.25, 0.3) is 0 Å². The van der Waals surface area contributed by atoms with Crippen molar-refractivity contribution in [2.45, 2.75) is 76.2 Å². The van der Waals surface area contributed by atoms with E-state index in [4.69, 9.17) is 9.84 Å². The van der Waals surface area contributed by atoms with E-state index in [1.54, 1.807) is 11.9 Å². The monoisotopic (exact) mass is 395 g/mol. The first-order valence-electron chi connectivity index (χ1n) is 10.5. The van der Waals surface area contributed by atoms with Gasteiger partial charge in [0, 0.05) is 26.2 Å². The van der Waals surface area contributed by atoms with Gasteiger partial charge < -0.3 is 25.4 Å².